The zero-order valence-corrected chi connectivity index (χ0v) is 17.6. The minimum atomic E-state index is -0.854. The number of nitrogens with zero attached hydrogens (tertiary/aromatic N) is 1. The molecular formula is C24H25FN2O5. The van der Waals surface area contributed by atoms with E-state index in [9.17, 15) is 24.2 Å². The number of ketones is 1. The highest BCUT2D eigenvalue weighted by Gasteiger charge is 2.44. The van der Waals surface area contributed by atoms with Crippen molar-refractivity contribution in [3.8, 4) is 5.75 Å². The first-order chi connectivity index (χ1) is 15.5. The Hall–Kier alpha value is -3.23. The van der Waals surface area contributed by atoms with Gasteiger partial charge in [-0.05, 0) is 35.4 Å². The van der Waals surface area contributed by atoms with Crippen LogP contribution in [0, 0.1) is 5.82 Å². The first-order valence-electron chi connectivity index (χ1n) is 10.7. The van der Waals surface area contributed by atoms with Gasteiger partial charge in [0.2, 0.25) is 5.78 Å². The smallest absolute Gasteiger partial charge is 0.295 e. The van der Waals surface area contributed by atoms with Gasteiger partial charge >= 0.3 is 0 Å². The molecule has 0 aliphatic carbocycles. The van der Waals surface area contributed by atoms with Gasteiger partial charge in [-0.15, -0.1) is 0 Å². The molecule has 2 saturated heterocycles. The summed E-state index contributed by atoms with van der Waals surface area (Å²) in [6.07, 6.45) is 0.668. The second kappa shape index (κ2) is 9.50. The fraction of sp³-hybridized carbons (Fsp3) is 0.333. The lowest BCUT2D eigenvalue weighted by atomic mass is 9.95. The number of phenols is 1. The van der Waals surface area contributed by atoms with Crippen molar-refractivity contribution in [2.24, 2.45) is 0 Å². The predicted octanol–water partition coefficient (Wildman–Crippen LogP) is 0.0605. The Morgan fingerprint density at radius 3 is 2.41 bits per heavy atom. The Balaban J connectivity index is 1.66. The van der Waals surface area contributed by atoms with Crippen LogP contribution in [0.25, 0.3) is 5.76 Å². The van der Waals surface area contributed by atoms with Crippen molar-refractivity contribution < 1.29 is 33.8 Å². The molecule has 1 unspecified atom stereocenters. The van der Waals surface area contributed by atoms with E-state index < -0.39 is 29.3 Å². The number of likely N-dealkylation sites (tertiary alicyclic amines) is 1. The van der Waals surface area contributed by atoms with Gasteiger partial charge in [0.15, 0.2) is 0 Å². The molecule has 2 fully saturated rings. The highest BCUT2D eigenvalue weighted by atomic mass is 19.1. The molecule has 2 heterocycles. The van der Waals surface area contributed by atoms with Crippen LogP contribution in [0.4, 0.5) is 4.39 Å². The molecule has 0 radical (unpaired) electrons. The van der Waals surface area contributed by atoms with Crippen LogP contribution in [0.1, 0.15) is 23.6 Å². The maximum atomic E-state index is 13.3. The molecule has 1 atom stereocenters. The number of hydrogen-bond acceptors (Lipinski definition) is 5. The van der Waals surface area contributed by atoms with E-state index >= 15 is 0 Å². The lowest BCUT2D eigenvalue weighted by Crippen LogP contribution is -3.14. The third-order valence-corrected chi connectivity index (χ3v) is 5.97. The molecule has 2 aromatic carbocycles. The summed E-state index contributed by atoms with van der Waals surface area (Å²) in [5.41, 5.74) is 0.558. The molecule has 32 heavy (non-hydrogen) atoms. The molecule has 2 aliphatic heterocycles. The summed E-state index contributed by atoms with van der Waals surface area (Å²) in [6.45, 7) is 4.35. The summed E-state index contributed by atoms with van der Waals surface area (Å²) < 4.78 is 18.7. The second-order valence-corrected chi connectivity index (χ2v) is 8.04. The van der Waals surface area contributed by atoms with Gasteiger partial charge in [-0.1, -0.05) is 30.0 Å². The number of carbonyl (C=O) groups is 2. The van der Waals surface area contributed by atoms with Crippen molar-refractivity contribution in [2.45, 2.75) is 12.5 Å². The Morgan fingerprint density at radius 2 is 1.75 bits per heavy atom. The number of morpholine rings is 1. The number of phenolic OH excluding ortho intramolecular Hbond substituents is 1. The molecule has 0 saturated carbocycles. The lowest BCUT2D eigenvalue weighted by molar-refractivity contribution is -0.908. The van der Waals surface area contributed by atoms with Gasteiger partial charge < -0.3 is 24.7 Å². The highest BCUT2D eigenvalue weighted by Crippen LogP contribution is 2.39. The monoisotopic (exact) mass is 440 g/mol. The van der Waals surface area contributed by atoms with Crippen LogP contribution in [-0.4, -0.2) is 61.1 Å². The summed E-state index contributed by atoms with van der Waals surface area (Å²) >= 11 is 0. The van der Waals surface area contributed by atoms with Crippen molar-refractivity contribution >= 4 is 17.4 Å². The number of benzene rings is 2. The van der Waals surface area contributed by atoms with Crippen LogP contribution in [0.3, 0.4) is 0 Å². The highest BCUT2D eigenvalue weighted by molar-refractivity contribution is 6.46. The van der Waals surface area contributed by atoms with Crippen molar-refractivity contribution in [3.63, 3.8) is 0 Å². The summed E-state index contributed by atoms with van der Waals surface area (Å²) in [4.78, 5) is 28.6. The number of ether oxygens (including phenoxy) is 1. The van der Waals surface area contributed by atoms with Gasteiger partial charge in [0, 0.05) is 18.5 Å². The van der Waals surface area contributed by atoms with Crippen LogP contribution in [0.2, 0.25) is 0 Å². The van der Waals surface area contributed by atoms with E-state index in [1.165, 1.54) is 34.1 Å². The number of aromatic hydroxyl groups is 1. The van der Waals surface area contributed by atoms with Gasteiger partial charge in [-0.2, -0.15) is 0 Å². The fourth-order valence-electron chi connectivity index (χ4n) is 4.27. The third-order valence-electron chi connectivity index (χ3n) is 5.97. The Morgan fingerprint density at radius 1 is 1.09 bits per heavy atom. The SMILES string of the molecule is O=C1C(=O)N(CCC[NH+]2CCOCC2)C(c2ccc(O)cc2)/C1=C(\[O-])c1ccc(F)cc1. The maximum Gasteiger partial charge on any atom is 0.295 e. The van der Waals surface area contributed by atoms with Crippen molar-refractivity contribution in [1.29, 1.82) is 0 Å². The van der Waals surface area contributed by atoms with Gasteiger partial charge in [-0.25, -0.2) is 4.39 Å². The molecule has 8 heteroatoms. The van der Waals surface area contributed by atoms with E-state index in [2.05, 4.69) is 0 Å². The number of rotatable bonds is 6. The van der Waals surface area contributed by atoms with E-state index in [1.54, 1.807) is 12.1 Å². The number of quaternary nitrogens is 1. The van der Waals surface area contributed by atoms with Gasteiger partial charge in [0.25, 0.3) is 5.91 Å². The zero-order valence-electron chi connectivity index (χ0n) is 17.6. The topological polar surface area (TPSA) is 94.3 Å². The molecule has 2 aliphatic rings. The average molecular weight is 440 g/mol. The Kier molecular flexibility index (Phi) is 6.53. The quantitative estimate of drug-likeness (QED) is 0.377. The Bertz CT molecular complexity index is 1010. The zero-order chi connectivity index (χ0) is 22.7. The largest absolute Gasteiger partial charge is 0.872 e. The van der Waals surface area contributed by atoms with E-state index in [0.29, 0.717) is 31.7 Å². The minimum absolute atomic E-state index is 0.0401. The summed E-state index contributed by atoms with van der Waals surface area (Å²) in [5, 5.41) is 22.9. The van der Waals surface area contributed by atoms with E-state index in [0.717, 1.165) is 31.8 Å². The predicted molar refractivity (Wildman–Crippen MR) is 112 cm³/mol. The molecule has 0 aromatic heterocycles. The molecule has 168 valence electrons. The first-order valence-corrected chi connectivity index (χ1v) is 10.7. The normalized spacial score (nSPS) is 21.3. The van der Waals surface area contributed by atoms with Gasteiger partial charge in [0.1, 0.15) is 24.7 Å². The number of halogens is 1. The minimum Gasteiger partial charge on any atom is -0.872 e. The van der Waals surface area contributed by atoms with Crippen LogP contribution in [-0.2, 0) is 14.3 Å². The van der Waals surface area contributed by atoms with Crippen LogP contribution in [0.5, 0.6) is 5.75 Å². The van der Waals surface area contributed by atoms with E-state index in [1.807, 2.05) is 0 Å². The van der Waals surface area contributed by atoms with Crippen LogP contribution in [0.15, 0.2) is 54.1 Å². The molecule has 0 bridgehead atoms. The number of amides is 1. The summed E-state index contributed by atoms with van der Waals surface area (Å²) in [6, 6.07) is 10.2. The average Bonchev–Trinajstić information content (AvgIpc) is 3.05. The molecule has 1 amide bonds. The molecule has 7 nitrogen and oxygen atoms in total. The second-order valence-electron chi connectivity index (χ2n) is 8.04. The molecule has 0 spiro atoms. The number of nitrogens with one attached hydrogen (secondary N) is 1. The number of carbonyl (C=O) groups excluding carboxylic acids is 2. The lowest BCUT2D eigenvalue weighted by Gasteiger charge is -2.29. The van der Waals surface area contributed by atoms with Crippen molar-refractivity contribution in [3.05, 3.63) is 71.0 Å². The van der Waals surface area contributed by atoms with Crippen molar-refractivity contribution in [1.82, 2.24) is 4.90 Å². The Labute approximate surface area is 185 Å². The van der Waals surface area contributed by atoms with Crippen LogP contribution >= 0.6 is 0 Å². The molecular weight excluding hydrogens is 415 g/mol. The number of Topliss-reactive ketones (excluding diaryl/α,β-unsaturated/α-hetero) is 1. The molecule has 2 N–H and O–H groups in total. The standard InChI is InChI=1S/C24H25FN2O5/c25-18-6-2-17(3-7-18)22(29)20-21(16-4-8-19(28)9-5-16)27(24(31)23(20)30)11-1-10-26-12-14-32-15-13-26/h2-9,21,28-29H,1,10-15H2/b22-20+. The summed E-state index contributed by atoms with van der Waals surface area (Å²) in [7, 11) is 0. The molecule has 4 rings (SSSR count). The molecule has 2 aromatic rings. The van der Waals surface area contributed by atoms with Crippen LogP contribution < -0.4 is 10.0 Å². The van der Waals surface area contributed by atoms with Gasteiger partial charge in [-0.3, -0.25) is 9.59 Å². The van der Waals surface area contributed by atoms with E-state index in [4.69, 9.17) is 4.74 Å². The summed E-state index contributed by atoms with van der Waals surface area (Å²) in [5.74, 6) is -2.61. The maximum absolute atomic E-state index is 13.3. The van der Waals surface area contributed by atoms with Crippen molar-refractivity contribution in [2.75, 3.05) is 39.4 Å². The first kappa shape index (κ1) is 22.0. The number of hydrogen-bond donors (Lipinski definition) is 2. The van der Waals surface area contributed by atoms with Gasteiger partial charge in [0.05, 0.1) is 25.8 Å². The fourth-order valence-corrected chi connectivity index (χ4v) is 4.27. The third kappa shape index (κ3) is 4.51. The van der Waals surface area contributed by atoms with E-state index in [-0.39, 0.29) is 16.9 Å².